The zero-order valence-corrected chi connectivity index (χ0v) is 32.6. The van der Waals surface area contributed by atoms with Crippen molar-refractivity contribution in [3.8, 4) is 22.3 Å². The third kappa shape index (κ3) is 4.65. The van der Waals surface area contributed by atoms with Gasteiger partial charge in [0.05, 0.1) is 0 Å². The number of thiophene rings is 2. The Labute approximate surface area is 333 Å². The van der Waals surface area contributed by atoms with Gasteiger partial charge in [0.2, 0.25) is 0 Å². The molecule has 0 radical (unpaired) electrons. The summed E-state index contributed by atoms with van der Waals surface area (Å²) in [5, 5.41) is 10.6. The third-order valence-corrected chi connectivity index (χ3v) is 14.6. The summed E-state index contributed by atoms with van der Waals surface area (Å²) in [5.74, 6) is 0. The van der Waals surface area contributed by atoms with Crippen LogP contribution in [0.1, 0.15) is 25.0 Å². The molecule has 0 unspecified atom stereocenters. The fourth-order valence-electron chi connectivity index (χ4n) is 9.45. The molecule has 264 valence electrons. The van der Waals surface area contributed by atoms with Crippen molar-refractivity contribution >= 4 is 102 Å². The van der Waals surface area contributed by atoms with Crippen LogP contribution in [0, 0.1) is 0 Å². The van der Waals surface area contributed by atoms with Gasteiger partial charge in [-0.1, -0.05) is 135 Å². The number of anilines is 3. The Morgan fingerprint density at radius 2 is 1.02 bits per heavy atom. The zero-order chi connectivity index (χ0) is 37.1. The van der Waals surface area contributed by atoms with Crippen molar-refractivity contribution in [2.75, 3.05) is 4.90 Å². The summed E-state index contributed by atoms with van der Waals surface area (Å²) in [4.78, 5) is 2.45. The van der Waals surface area contributed by atoms with Crippen molar-refractivity contribution in [2.24, 2.45) is 0 Å². The van der Waals surface area contributed by atoms with Gasteiger partial charge < -0.3 is 4.90 Å². The van der Waals surface area contributed by atoms with Crippen molar-refractivity contribution in [2.45, 2.75) is 19.3 Å². The molecule has 9 aromatic carbocycles. The van der Waals surface area contributed by atoms with Gasteiger partial charge >= 0.3 is 0 Å². The molecule has 0 N–H and O–H groups in total. The third-order valence-electron chi connectivity index (χ3n) is 12.2. The van der Waals surface area contributed by atoms with Crippen LogP contribution in [0.2, 0.25) is 0 Å². The van der Waals surface area contributed by atoms with Gasteiger partial charge in [-0.15, -0.1) is 22.7 Å². The average Bonchev–Trinajstić information content (AvgIpc) is 3.88. The van der Waals surface area contributed by atoms with E-state index in [1.54, 1.807) is 0 Å². The number of hydrogen-bond acceptors (Lipinski definition) is 3. The number of benzene rings is 9. The van der Waals surface area contributed by atoms with Crippen LogP contribution in [0.25, 0.3) is 84.1 Å². The maximum absolute atomic E-state index is 2.45. The van der Waals surface area contributed by atoms with Crippen LogP contribution in [0.3, 0.4) is 0 Å². The van der Waals surface area contributed by atoms with E-state index in [4.69, 9.17) is 0 Å². The lowest BCUT2D eigenvalue weighted by Crippen LogP contribution is -2.15. The smallest absolute Gasteiger partial charge is 0.0476 e. The van der Waals surface area contributed by atoms with Gasteiger partial charge in [-0.25, -0.2) is 0 Å². The molecule has 0 aliphatic heterocycles. The highest BCUT2D eigenvalue weighted by molar-refractivity contribution is 7.28. The summed E-state index contributed by atoms with van der Waals surface area (Å²) in [6.07, 6.45) is 0. The van der Waals surface area contributed by atoms with Crippen LogP contribution in [-0.4, -0.2) is 0 Å². The zero-order valence-electron chi connectivity index (χ0n) is 31.0. The lowest BCUT2D eigenvalue weighted by molar-refractivity contribution is 0.660. The minimum atomic E-state index is -0.0454. The molecule has 1 nitrogen and oxygen atoms in total. The maximum Gasteiger partial charge on any atom is 0.0476 e. The first-order chi connectivity index (χ1) is 27.5. The second-order valence-electron chi connectivity index (χ2n) is 15.7. The number of fused-ring (bicyclic) bond motifs is 13. The molecule has 1 aliphatic carbocycles. The summed E-state index contributed by atoms with van der Waals surface area (Å²) in [6, 6.07) is 65.7. The molecular formula is C53H35NS2. The lowest BCUT2D eigenvalue weighted by Gasteiger charge is -2.27. The molecule has 0 fully saturated rings. The molecule has 1 aliphatic rings. The first kappa shape index (κ1) is 32.0. The lowest BCUT2D eigenvalue weighted by atomic mass is 9.82. The number of rotatable bonds is 4. The topological polar surface area (TPSA) is 3.24 Å². The van der Waals surface area contributed by atoms with Gasteiger partial charge in [-0.2, -0.15) is 0 Å². The van der Waals surface area contributed by atoms with Crippen molar-refractivity contribution in [3.63, 3.8) is 0 Å². The van der Waals surface area contributed by atoms with Crippen molar-refractivity contribution in [3.05, 3.63) is 187 Å². The molecule has 0 saturated carbocycles. The Kier molecular flexibility index (Phi) is 6.79. The molecule has 0 atom stereocenters. The Hall–Kier alpha value is -6.26. The van der Waals surface area contributed by atoms with Gasteiger partial charge in [-0.3, -0.25) is 0 Å². The van der Waals surface area contributed by atoms with E-state index in [9.17, 15) is 0 Å². The molecule has 3 heteroatoms. The fourth-order valence-corrected chi connectivity index (χ4v) is 11.8. The molecule has 0 amide bonds. The van der Waals surface area contributed by atoms with E-state index in [1.807, 2.05) is 22.7 Å². The van der Waals surface area contributed by atoms with E-state index in [-0.39, 0.29) is 5.41 Å². The summed E-state index contributed by atoms with van der Waals surface area (Å²) < 4.78 is 5.36. The maximum atomic E-state index is 2.45. The van der Waals surface area contributed by atoms with Crippen LogP contribution in [0.15, 0.2) is 176 Å². The molecule has 56 heavy (non-hydrogen) atoms. The van der Waals surface area contributed by atoms with Crippen LogP contribution >= 0.6 is 22.7 Å². The summed E-state index contributed by atoms with van der Waals surface area (Å²) in [7, 11) is 0. The first-order valence-corrected chi connectivity index (χ1v) is 21.0. The number of hydrogen-bond donors (Lipinski definition) is 0. The van der Waals surface area contributed by atoms with Crippen LogP contribution in [0.4, 0.5) is 17.1 Å². The summed E-state index contributed by atoms with van der Waals surface area (Å²) in [6.45, 7) is 4.71. The van der Waals surface area contributed by atoms with E-state index in [0.717, 1.165) is 17.1 Å². The minimum Gasteiger partial charge on any atom is -0.310 e. The molecule has 2 aromatic heterocycles. The predicted molar refractivity (Wildman–Crippen MR) is 245 cm³/mol. The van der Waals surface area contributed by atoms with Crippen molar-refractivity contribution in [1.82, 2.24) is 0 Å². The van der Waals surface area contributed by atoms with E-state index in [2.05, 4.69) is 195 Å². The van der Waals surface area contributed by atoms with Gasteiger partial charge in [-0.05, 0) is 110 Å². The van der Waals surface area contributed by atoms with Crippen LogP contribution in [0.5, 0.6) is 0 Å². The van der Waals surface area contributed by atoms with E-state index < -0.39 is 0 Å². The van der Waals surface area contributed by atoms with Gasteiger partial charge in [0.1, 0.15) is 0 Å². The molecule has 11 aromatic rings. The highest BCUT2D eigenvalue weighted by atomic mass is 32.1. The summed E-state index contributed by atoms with van der Waals surface area (Å²) >= 11 is 3.82. The Morgan fingerprint density at radius 3 is 1.89 bits per heavy atom. The molecule has 0 bridgehead atoms. The minimum absolute atomic E-state index is 0.0454. The van der Waals surface area contributed by atoms with Crippen molar-refractivity contribution in [1.29, 1.82) is 0 Å². The van der Waals surface area contributed by atoms with Gasteiger partial charge in [0.25, 0.3) is 0 Å². The average molecular weight is 750 g/mol. The number of nitrogens with zero attached hydrogens (tertiary/aromatic N) is 1. The Morgan fingerprint density at radius 1 is 0.393 bits per heavy atom. The monoisotopic (exact) mass is 749 g/mol. The SMILES string of the molecule is CC1(C)c2ccccc2-c2cc(N(c3ccc(-c4ccc5ccccc5c4)cc3)c3ccc4c(c3)sc3ccc5sc6c7ccccc7ccc6c5c34)ccc21. The van der Waals surface area contributed by atoms with E-state index >= 15 is 0 Å². The molecular weight excluding hydrogens is 715 g/mol. The molecule has 12 rings (SSSR count). The summed E-state index contributed by atoms with van der Waals surface area (Å²) in [5.41, 5.74) is 11.3. The Balaban J connectivity index is 1.04. The second-order valence-corrected chi connectivity index (χ2v) is 17.8. The standard InChI is InChI=1S/C53H35NS2/c1-53(2)45-14-8-7-13-41(45)44-30-38(23-26-46(44)53)54(37-20-17-33(18-21-37)36-16-15-32-9-3-4-11-35(32)29-36)39-22-25-42-49(31-39)55-47-27-28-48-51(50(42)47)43-24-19-34-10-5-6-12-40(34)52(43)56-48/h3-31H,1-2H3. The van der Waals surface area contributed by atoms with Crippen LogP contribution in [-0.2, 0) is 5.41 Å². The normalized spacial score (nSPS) is 13.3. The van der Waals surface area contributed by atoms with E-state index in [1.165, 1.54) is 95.3 Å². The van der Waals surface area contributed by atoms with Crippen molar-refractivity contribution < 1.29 is 0 Å². The molecule has 0 spiro atoms. The van der Waals surface area contributed by atoms with Crippen LogP contribution < -0.4 is 4.90 Å². The Bertz CT molecular complexity index is 3400. The fraction of sp³-hybridized carbons (Fsp3) is 0.0566. The first-order valence-electron chi connectivity index (χ1n) is 19.3. The quantitative estimate of drug-likeness (QED) is 0.173. The predicted octanol–water partition coefficient (Wildman–Crippen LogP) is 16.2. The second kappa shape index (κ2) is 11.9. The molecule has 0 saturated heterocycles. The van der Waals surface area contributed by atoms with Gasteiger partial charge in [0, 0.05) is 62.8 Å². The van der Waals surface area contributed by atoms with E-state index in [0.29, 0.717) is 0 Å². The molecule has 2 heterocycles. The highest BCUT2D eigenvalue weighted by Crippen LogP contribution is 2.52. The largest absolute Gasteiger partial charge is 0.310 e. The highest BCUT2D eigenvalue weighted by Gasteiger charge is 2.35. The van der Waals surface area contributed by atoms with Gasteiger partial charge in [0.15, 0.2) is 0 Å².